The number of hydrogen-bond acceptors (Lipinski definition) is 2. The van der Waals surface area contributed by atoms with Gasteiger partial charge in [-0.05, 0) is 30.5 Å². The van der Waals surface area contributed by atoms with E-state index < -0.39 is 5.41 Å². The van der Waals surface area contributed by atoms with E-state index in [9.17, 15) is 4.79 Å². The van der Waals surface area contributed by atoms with E-state index in [2.05, 4.69) is 5.32 Å². The molecule has 3 nitrogen and oxygen atoms in total. The molecule has 0 heterocycles. The van der Waals surface area contributed by atoms with Crippen molar-refractivity contribution in [1.29, 1.82) is 0 Å². The first kappa shape index (κ1) is 14.9. The molecule has 0 saturated heterocycles. The molecule has 0 unspecified atom stereocenters. The molecule has 1 amide bonds. The van der Waals surface area contributed by atoms with Gasteiger partial charge in [0.05, 0.1) is 12.5 Å². The van der Waals surface area contributed by atoms with Crippen LogP contribution in [0.1, 0.15) is 24.0 Å². The normalized spacial score (nSPS) is 15.2. The van der Waals surface area contributed by atoms with Gasteiger partial charge in [0.1, 0.15) is 5.75 Å². The average molecular weight is 316 g/mol. The summed E-state index contributed by atoms with van der Waals surface area (Å²) in [4.78, 5) is 12.6. The SMILES string of the molecule is COc1ccccc1CNC(=O)C1(c2ccccc2Cl)CC1. The fraction of sp³-hybridized carbons (Fsp3) is 0.278. The molecular formula is C18H18ClNO2. The van der Waals surface area contributed by atoms with Crippen molar-refractivity contribution >= 4 is 17.5 Å². The third kappa shape index (κ3) is 2.69. The predicted molar refractivity (Wildman–Crippen MR) is 87.2 cm³/mol. The summed E-state index contributed by atoms with van der Waals surface area (Å²) >= 11 is 6.26. The second kappa shape index (κ2) is 6.01. The van der Waals surface area contributed by atoms with Crippen molar-refractivity contribution in [3.8, 4) is 5.75 Å². The molecular weight excluding hydrogens is 298 g/mol. The van der Waals surface area contributed by atoms with E-state index in [0.29, 0.717) is 11.6 Å². The van der Waals surface area contributed by atoms with Crippen molar-refractivity contribution in [1.82, 2.24) is 5.32 Å². The molecule has 1 fully saturated rings. The predicted octanol–water partition coefficient (Wildman–Crippen LogP) is 3.70. The fourth-order valence-electron chi connectivity index (χ4n) is 2.79. The van der Waals surface area contributed by atoms with E-state index >= 15 is 0 Å². The summed E-state index contributed by atoms with van der Waals surface area (Å²) in [6, 6.07) is 15.3. The van der Waals surface area contributed by atoms with Gasteiger partial charge < -0.3 is 10.1 Å². The molecule has 0 radical (unpaired) electrons. The Bertz CT molecular complexity index is 695. The Balaban J connectivity index is 1.74. The largest absolute Gasteiger partial charge is 0.496 e. The van der Waals surface area contributed by atoms with Gasteiger partial charge in [-0.3, -0.25) is 4.79 Å². The van der Waals surface area contributed by atoms with Crippen molar-refractivity contribution in [2.24, 2.45) is 0 Å². The van der Waals surface area contributed by atoms with Gasteiger partial charge in [0.2, 0.25) is 5.91 Å². The summed E-state index contributed by atoms with van der Waals surface area (Å²) in [6.07, 6.45) is 1.68. The van der Waals surface area contributed by atoms with Gasteiger partial charge in [0.15, 0.2) is 0 Å². The smallest absolute Gasteiger partial charge is 0.230 e. The van der Waals surface area contributed by atoms with Crippen LogP contribution in [0.15, 0.2) is 48.5 Å². The van der Waals surface area contributed by atoms with Crippen LogP contribution in [-0.2, 0) is 16.8 Å². The van der Waals surface area contributed by atoms with Crippen LogP contribution in [-0.4, -0.2) is 13.0 Å². The van der Waals surface area contributed by atoms with Gasteiger partial charge >= 0.3 is 0 Å². The Labute approximate surface area is 135 Å². The fourth-order valence-corrected chi connectivity index (χ4v) is 3.10. The first-order valence-corrected chi connectivity index (χ1v) is 7.70. The molecule has 0 atom stereocenters. The average Bonchev–Trinajstić information content (AvgIpc) is 3.35. The number of methoxy groups -OCH3 is 1. The van der Waals surface area contributed by atoms with E-state index in [1.54, 1.807) is 7.11 Å². The first-order chi connectivity index (χ1) is 10.7. The van der Waals surface area contributed by atoms with E-state index in [1.807, 2.05) is 48.5 Å². The summed E-state index contributed by atoms with van der Waals surface area (Å²) in [7, 11) is 1.63. The molecule has 2 aromatic rings. The van der Waals surface area contributed by atoms with Crippen LogP contribution in [0.2, 0.25) is 5.02 Å². The van der Waals surface area contributed by atoms with E-state index in [4.69, 9.17) is 16.3 Å². The second-order valence-electron chi connectivity index (χ2n) is 5.56. The van der Waals surface area contributed by atoms with Gasteiger partial charge in [0.25, 0.3) is 0 Å². The number of ether oxygens (including phenoxy) is 1. The van der Waals surface area contributed by atoms with Gasteiger partial charge in [-0.1, -0.05) is 48.0 Å². The van der Waals surface area contributed by atoms with Crippen LogP contribution in [0.5, 0.6) is 5.75 Å². The number of benzene rings is 2. The Morgan fingerprint density at radius 2 is 1.86 bits per heavy atom. The number of hydrogen-bond donors (Lipinski definition) is 1. The third-order valence-corrected chi connectivity index (χ3v) is 4.54. The van der Waals surface area contributed by atoms with Crippen molar-refractivity contribution in [2.45, 2.75) is 24.8 Å². The number of amides is 1. The standard InChI is InChI=1S/C18H18ClNO2/c1-22-16-9-5-2-6-13(16)12-20-17(21)18(10-11-18)14-7-3-4-8-15(14)19/h2-9H,10-12H2,1H3,(H,20,21). The molecule has 0 aromatic heterocycles. The van der Waals surface area contributed by atoms with Gasteiger partial charge in [-0.15, -0.1) is 0 Å². The van der Waals surface area contributed by atoms with E-state index in [1.165, 1.54) is 0 Å². The maximum Gasteiger partial charge on any atom is 0.230 e. The first-order valence-electron chi connectivity index (χ1n) is 7.32. The summed E-state index contributed by atoms with van der Waals surface area (Å²) in [5.74, 6) is 0.817. The maximum atomic E-state index is 12.6. The Hall–Kier alpha value is -2.00. The lowest BCUT2D eigenvalue weighted by Crippen LogP contribution is -2.34. The zero-order valence-electron chi connectivity index (χ0n) is 12.4. The Kier molecular flexibility index (Phi) is 4.08. The number of para-hydroxylation sites is 1. The Morgan fingerprint density at radius 1 is 1.18 bits per heavy atom. The molecule has 1 saturated carbocycles. The molecule has 114 valence electrons. The number of halogens is 1. The number of carbonyl (C=O) groups excluding carboxylic acids is 1. The zero-order valence-corrected chi connectivity index (χ0v) is 13.2. The van der Waals surface area contributed by atoms with Crippen molar-refractivity contribution in [2.75, 3.05) is 7.11 Å². The van der Waals surface area contributed by atoms with Crippen LogP contribution < -0.4 is 10.1 Å². The molecule has 0 aliphatic heterocycles. The van der Waals surface area contributed by atoms with Crippen molar-refractivity contribution < 1.29 is 9.53 Å². The topological polar surface area (TPSA) is 38.3 Å². The maximum absolute atomic E-state index is 12.6. The molecule has 4 heteroatoms. The summed E-state index contributed by atoms with van der Waals surface area (Å²) < 4.78 is 5.31. The summed E-state index contributed by atoms with van der Waals surface area (Å²) in [6.45, 7) is 0.453. The molecule has 3 rings (SSSR count). The molecule has 1 N–H and O–H groups in total. The lowest BCUT2D eigenvalue weighted by atomic mass is 9.95. The highest BCUT2D eigenvalue weighted by molar-refractivity contribution is 6.31. The number of nitrogens with one attached hydrogen (secondary N) is 1. The minimum Gasteiger partial charge on any atom is -0.496 e. The monoisotopic (exact) mass is 315 g/mol. The second-order valence-corrected chi connectivity index (χ2v) is 5.96. The number of carbonyl (C=O) groups is 1. The summed E-state index contributed by atoms with van der Waals surface area (Å²) in [5.41, 5.74) is 1.43. The van der Waals surface area contributed by atoms with E-state index in [0.717, 1.165) is 29.7 Å². The molecule has 1 aliphatic rings. The molecule has 0 spiro atoms. The van der Waals surface area contributed by atoms with Gasteiger partial charge in [-0.2, -0.15) is 0 Å². The third-order valence-electron chi connectivity index (χ3n) is 4.21. The lowest BCUT2D eigenvalue weighted by molar-refractivity contribution is -0.123. The van der Waals surface area contributed by atoms with Crippen LogP contribution in [0.3, 0.4) is 0 Å². The molecule has 1 aliphatic carbocycles. The highest BCUT2D eigenvalue weighted by atomic mass is 35.5. The quantitative estimate of drug-likeness (QED) is 0.913. The Morgan fingerprint density at radius 3 is 2.55 bits per heavy atom. The minimum absolute atomic E-state index is 0.0338. The van der Waals surface area contributed by atoms with Crippen LogP contribution in [0, 0.1) is 0 Å². The molecule has 2 aromatic carbocycles. The number of rotatable bonds is 5. The van der Waals surface area contributed by atoms with Crippen LogP contribution in [0.25, 0.3) is 0 Å². The lowest BCUT2D eigenvalue weighted by Gasteiger charge is -2.17. The van der Waals surface area contributed by atoms with Crippen LogP contribution >= 0.6 is 11.6 Å². The van der Waals surface area contributed by atoms with E-state index in [-0.39, 0.29) is 5.91 Å². The molecule has 0 bridgehead atoms. The zero-order chi connectivity index (χ0) is 15.6. The highest BCUT2D eigenvalue weighted by Gasteiger charge is 2.52. The van der Waals surface area contributed by atoms with Crippen molar-refractivity contribution in [3.63, 3.8) is 0 Å². The van der Waals surface area contributed by atoms with Gasteiger partial charge in [0, 0.05) is 17.1 Å². The highest BCUT2D eigenvalue weighted by Crippen LogP contribution is 2.50. The summed E-state index contributed by atoms with van der Waals surface area (Å²) in [5, 5.41) is 3.68. The minimum atomic E-state index is -0.458. The van der Waals surface area contributed by atoms with Crippen molar-refractivity contribution in [3.05, 3.63) is 64.7 Å². The van der Waals surface area contributed by atoms with Crippen LogP contribution in [0.4, 0.5) is 0 Å². The van der Waals surface area contributed by atoms with Gasteiger partial charge in [-0.25, -0.2) is 0 Å². The molecule has 22 heavy (non-hydrogen) atoms.